The molecule has 1 atom stereocenters. The number of aryl methyl sites for hydroxylation is 1. The number of rotatable bonds is 1. The minimum Gasteiger partial charge on any atom is -0.475 e. The smallest absolute Gasteiger partial charge is 0.371 e. The molecule has 0 bridgehead atoms. The predicted octanol–water partition coefficient (Wildman–Crippen LogP) is 0.363. The second-order valence-electron chi connectivity index (χ2n) is 3.93. The maximum Gasteiger partial charge on any atom is 0.371 e. The molecule has 1 aliphatic carbocycles. The van der Waals surface area contributed by atoms with Crippen molar-refractivity contribution in [2.45, 2.75) is 12.5 Å². The van der Waals surface area contributed by atoms with Gasteiger partial charge in [0.05, 0.1) is 11.8 Å². The van der Waals surface area contributed by atoms with E-state index in [-0.39, 0.29) is 5.76 Å². The predicted molar refractivity (Wildman–Crippen MR) is 54.3 cm³/mol. The largest absolute Gasteiger partial charge is 0.475 e. The van der Waals surface area contributed by atoms with Gasteiger partial charge in [-0.2, -0.15) is 0 Å². The molecule has 0 spiro atoms. The van der Waals surface area contributed by atoms with E-state index in [1.165, 1.54) is 6.07 Å². The second kappa shape index (κ2) is 3.17. The number of carbonyl (C=O) groups is 1. The van der Waals surface area contributed by atoms with Crippen LogP contribution in [0.25, 0.3) is 11.5 Å². The number of fused-ring (bicyclic) bond motifs is 3. The molecule has 0 saturated carbocycles. The van der Waals surface area contributed by atoms with E-state index in [9.17, 15) is 9.90 Å². The molecule has 88 valence electrons. The molecule has 17 heavy (non-hydrogen) atoms. The lowest BCUT2D eigenvalue weighted by atomic mass is 9.96. The van der Waals surface area contributed by atoms with Crippen molar-refractivity contribution in [1.29, 1.82) is 0 Å². The number of carboxylic acid groups (broad SMARTS) is 1. The van der Waals surface area contributed by atoms with Crippen LogP contribution in [0.5, 0.6) is 0 Å². The van der Waals surface area contributed by atoms with Gasteiger partial charge in [0, 0.05) is 19.0 Å². The van der Waals surface area contributed by atoms with Gasteiger partial charge >= 0.3 is 5.97 Å². The fraction of sp³-hybridized carbons (Fsp3) is 0.300. The third-order valence-electron chi connectivity index (χ3n) is 2.88. The van der Waals surface area contributed by atoms with Crippen LogP contribution in [0.3, 0.4) is 0 Å². The van der Waals surface area contributed by atoms with Crippen molar-refractivity contribution >= 4 is 5.97 Å². The van der Waals surface area contributed by atoms with Crippen LogP contribution in [0.15, 0.2) is 10.5 Å². The fourth-order valence-electron chi connectivity index (χ4n) is 2.02. The van der Waals surface area contributed by atoms with Crippen molar-refractivity contribution in [3.63, 3.8) is 0 Å². The molecule has 0 fully saturated rings. The first kappa shape index (κ1) is 10.0. The molecule has 2 aromatic heterocycles. The normalized spacial score (nSPS) is 17.6. The van der Waals surface area contributed by atoms with Gasteiger partial charge in [-0.05, 0) is 6.07 Å². The standard InChI is InChI=1S/C10H9N3O4/c1-13-5-3-6(14)4-2-7(10(15)16)17-9(4)8(5)11-12-13/h2,6,14H,3H2,1H3,(H,15,16). The van der Waals surface area contributed by atoms with Gasteiger partial charge in [-0.15, -0.1) is 5.10 Å². The third kappa shape index (κ3) is 1.29. The van der Waals surface area contributed by atoms with Crippen LogP contribution in [0, 0.1) is 0 Å². The van der Waals surface area contributed by atoms with E-state index in [4.69, 9.17) is 9.52 Å². The van der Waals surface area contributed by atoms with Crippen molar-refractivity contribution in [3.8, 4) is 11.5 Å². The van der Waals surface area contributed by atoms with Gasteiger partial charge in [0.1, 0.15) is 0 Å². The maximum atomic E-state index is 10.8. The average molecular weight is 235 g/mol. The highest BCUT2D eigenvalue weighted by molar-refractivity contribution is 5.86. The summed E-state index contributed by atoms with van der Waals surface area (Å²) < 4.78 is 6.75. The lowest BCUT2D eigenvalue weighted by Gasteiger charge is -2.15. The Morgan fingerprint density at radius 1 is 1.65 bits per heavy atom. The van der Waals surface area contributed by atoms with E-state index in [0.717, 1.165) is 5.69 Å². The first-order valence-electron chi connectivity index (χ1n) is 5.02. The summed E-state index contributed by atoms with van der Waals surface area (Å²) in [7, 11) is 1.71. The molecule has 1 aliphatic rings. The third-order valence-corrected chi connectivity index (χ3v) is 2.88. The summed E-state index contributed by atoms with van der Waals surface area (Å²) in [5.74, 6) is -1.08. The Kier molecular flexibility index (Phi) is 1.87. The van der Waals surface area contributed by atoms with E-state index in [1.807, 2.05) is 0 Å². The Labute approximate surface area is 95.3 Å². The quantitative estimate of drug-likeness (QED) is 0.740. The molecule has 0 radical (unpaired) electrons. The van der Waals surface area contributed by atoms with Gasteiger partial charge in [0.2, 0.25) is 5.76 Å². The Balaban J connectivity index is 2.24. The molecule has 0 aliphatic heterocycles. The summed E-state index contributed by atoms with van der Waals surface area (Å²) >= 11 is 0. The Bertz CT molecular complexity index is 613. The zero-order chi connectivity index (χ0) is 12.2. The van der Waals surface area contributed by atoms with Crippen LogP contribution in [0.2, 0.25) is 0 Å². The van der Waals surface area contributed by atoms with Crippen LogP contribution < -0.4 is 0 Å². The summed E-state index contributed by atoms with van der Waals surface area (Å²) in [6, 6.07) is 1.33. The zero-order valence-electron chi connectivity index (χ0n) is 8.91. The summed E-state index contributed by atoms with van der Waals surface area (Å²) in [4.78, 5) is 10.8. The number of nitrogens with zero attached hydrogens (tertiary/aromatic N) is 3. The molecule has 2 aromatic rings. The summed E-state index contributed by atoms with van der Waals surface area (Å²) in [5, 5.41) is 26.5. The van der Waals surface area contributed by atoms with Gasteiger partial charge in [-0.3, -0.25) is 4.68 Å². The fourth-order valence-corrected chi connectivity index (χ4v) is 2.02. The lowest BCUT2D eigenvalue weighted by molar-refractivity contribution is 0.0663. The molecule has 3 rings (SSSR count). The van der Waals surface area contributed by atoms with E-state index >= 15 is 0 Å². The number of hydrogen-bond donors (Lipinski definition) is 2. The molecule has 0 saturated heterocycles. The number of aliphatic hydroxyl groups is 1. The molecule has 2 heterocycles. The highest BCUT2D eigenvalue weighted by Crippen LogP contribution is 2.38. The van der Waals surface area contributed by atoms with Crippen LogP contribution in [-0.4, -0.2) is 31.2 Å². The SMILES string of the molecule is Cn1nnc2c1CC(O)c1cc(C(=O)O)oc1-2. The van der Waals surface area contributed by atoms with Gasteiger partial charge in [-0.25, -0.2) is 4.79 Å². The van der Waals surface area contributed by atoms with E-state index in [2.05, 4.69) is 10.3 Å². The van der Waals surface area contributed by atoms with Crippen molar-refractivity contribution in [2.24, 2.45) is 7.05 Å². The van der Waals surface area contributed by atoms with E-state index < -0.39 is 12.1 Å². The molecular weight excluding hydrogens is 226 g/mol. The first-order valence-corrected chi connectivity index (χ1v) is 5.02. The van der Waals surface area contributed by atoms with Crippen LogP contribution >= 0.6 is 0 Å². The highest BCUT2D eigenvalue weighted by Gasteiger charge is 2.32. The molecule has 0 amide bonds. The van der Waals surface area contributed by atoms with Gasteiger partial charge in [0.15, 0.2) is 11.5 Å². The van der Waals surface area contributed by atoms with Crippen LogP contribution in [0.1, 0.15) is 27.9 Å². The first-order chi connectivity index (χ1) is 8.08. The van der Waals surface area contributed by atoms with E-state index in [1.54, 1.807) is 11.7 Å². The van der Waals surface area contributed by atoms with Crippen molar-refractivity contribution in [3.05, 3.63) is 23.1 Å². The van der Waals surface area contributed by atoms with Crippen molar-refractivity contribution in [2.75, 3.05) is 0 Å². The van der Waals surface area contributed by atoms with Gasteiger partial charge in [-0.1, -0.05) is 5.21 Å². The second-order valence-corrected chi connectivity index (χ2v) is 3.93. The van der Waals surface area contributed by atoms with Crippen molar-refractivity contribution < 1.29 is 19.4 Å². The Morgan fingerprint density at radius 3 is 3.12 bits per heavy atom. The maximum absolute atomic E-state index is 10.8. The van der Waals surface area contributed by atoms with Crippen LogP contribution in [-0.2, 0) is 13.5 Å². The average Bonchev–Trinajstić information content (AvgIpc) is 2.84. The number of hydrogen-bond acceptors (Lipinski definition) is 5. The number of carboxylic acids is 1. The molecule has 2 N–H and O–H groups in total. The molecule has 0 aromatic carbocycles. The number of aromatic nitrogens is 3. The van der Waals surface area contributed by atoms with Gasteiger partial charge in [0.25, 0.3) is 0 Å². The highest BCUT2D eigenvalue weighted by atomic mass is 16.4. The Morgan fingerprint density at radius 2 is 2.41 bits per heavy atom. The van der Waals surface area contributed by atoms with Crippen LogP contribution in [0.4, 0.5) is 0 Å². The topological polar surface area (TPSA) is 101 Å². The summed E-state index contributed by atoms with van der Waals surface area (Å²) in [6.07, 6.45) is -0.434. The van der Waals surface area contributed by atoms with E-state index in [0.29, 0.717) is 23.4 Å². The van der Waals surface area contributed by atoms with Gasteiger partial charge < -0.3 is 14.6 Å². The number of aromatic carboxylic acids is 1. The lowest BCUT2D eigenvalue weighted by Crippen LogP contribution is -2.11. The number of furan rings is 1. The summed E-state index contributed by atoms with van der Waals surface area (Å²) in [5.41, 5.74) is 1.69. The molecule has 7 heteroatoms. The monoisotopic (exact) mass is 235 g/mol. The molecule has 7 nitrogen and oxygen atoms in total. The Hall–Kier alpha value is -2.15. The van der Waals surface area contributed by atoms with Crippen molar-refractivity contribution in [1.82, 2.24) is 15.0 Å². The number of aliphatic hydroxyl groups excluding tert-OH is 1. The summed E-state index contributed by atoms with van der Waals surface area (Å²) in [6.45, 7) is 0. The molecular formula is C10H9N3O4. The zero-order valence-corrected chi connectivity index (χ0v) is 8.91. The molecule has 1 unspecified atom stereocenters. The minimum atomic E-state index is -1.17. The minimum absolute atomic E-state index is 0.201.